The van der Waals surface area contributed by atoms with Crippen LogP contribution in [0.3, 0.4) is 0 Å². The SMILES string of the molecule is Cc1ccc(-n2c(-c3ccccc3)cnc2SCCC(N)=O)cc1. The molecule has 0 spiro atoms. The van der Waals surface area contributed by atoms with E-state index in [1.165, 1.54) is 5.56 Å². The van der Waals surface area contributed by atoms with E-state index < -0.39 is 0 Å². The Kier molecular flexibility index (Phi) is 5.01. The molecule has 4 nitrogen and oxygen atoms in total. The summed E-state index contributed by atoms with van der Waals surface area (Å²) in [6, 6.07) is 18.5. The van der Waals surface area contributed by atoms with Crippen molar-refractivity contribution in [2.45, 2.75) is 18.5 Å². The number of hydrogen-bond acceptors (Lipinski definition) is 3. The first kappa shape index (κ1) is 16.3. The average Bonchev–Trinajstić information content (AvgIpc) is 3.00. The van der Waals surface area contributed by atoms with Crippen molar-refractivity contribution in [1.82, 2.24) is 9.55 Å². The van der Waals surface area contributed by atoms with Crippen molar-refractivity contribution >= 4 is 17.7 Å². The van der Waals surface area contributed by atoms with Gasteiger partial charge in [-0.1, -0.05) is 59.8 Å². The minimum Gasteiger partial charge on any atom is -0.370 e. The summed E-state index contributed by atoms with van der Waals surface area (Å²) in [5.74, 6) is 0.325. The van der Waals surface area contributed by atoms with Crippen molar-refractivity contribution in [1.29, 1.82) is 0 Å². The zero-order chi connectivity index (χ0) is 16.9. The van der Waals surface area contributed by atoms with Gasteiger partial charge in [0.2, 0.25) is 5.91 Å². The molecule has 0 radical (unpaired) electrons. The fraction of sp³-hybridized carbons (Fsp3) is 0.158. The molecule has 5 heteroatoms. The maximum absolute atomic E-state index is 11.0. The van der Waals surface area contributed by atoms with Crippen LogP contribution >= 0.6 is 11.8 Å². The number of carbonyl (C=O) groups excluding carboxylic acids is 1. The van der Waals surface area contributed by atoms with E-state index in [-0.39, 0.29) is 5.91 Å². The summed E-state index contributed by atoms with van der Waals surface area (Å²) in [6.07, 6.45) is 2.22. The molecule has 0 saturated carbocycles. The highest BCUT2D eigenvalue weighted by Gasteiger charge is 2.14. The monoisotopic (exact) mass is 337 g/mol. The molecule has 1 aromatic heterocycles. The van der Waals surface area contributed by atoms with Gasteiger partial charge in [-0.25, -0.2) is 4.98 Å². The van der Waals surface area contributed by atoms with Crippen LogP contribution in [0.4, 0.5) is 0 Å². The number of thioether (sulfide) groups is 1. The molecule has 0 fully saturated rings. The van der Waals surface area contributed by atoms with Crippen LogP contribution in [0.2, 0.25) is 0 Å². The molecular weight excluding hydrogens is 318 g/mol. The van der Waals surface area contributed by atoms with Gasteiger partial charge < -0.3 is 5.73 Å². The number of hydrogen-bond donors (Lipinski definition) is 1. The second kappa shape index (κ2) is 7.36. The second-order valence-electron chi connectivity index (χ2n) is 5.53. The molecule has 0 unspecified atom stereocenters. The Morgan fingerprint density at radius 3 is 2.50 bits per heavy atom. The molecule has 0 saturated heterocycles. The Labute approximate surface area is 145 Å². The summed E-state index contributed by atoms with van der Waals surface area (Å²) < 4.78 is 2.13. The first-order chi connectivity index (χ1) is 11.6. The van der Waals surface area contributed by atoms with E-state index in [1.807, 2.05) is 24.4 Å². The summed E-state index contributed by atoms with van der Waals surface area (Å²) >= 11 is 1.54. The molecule has 1 heterocycles. The Morgan fingerprint density at radius 2 is 1.83 bits per heavy atom. The fourth-order valence-corrected chi connectivity index (χ4v) is 3.38. The number of benzene rings is 2. The van der Waals surface area contributed by atoms with Gasteiger partial charge in [0.15, 0.2) is 5.16 Å². The number of amides is 1. The number of carbonyl (C=O) groups is 1. The van der Waals surface area contributed by atoms with Crippen molar-refractivity contribution in [3.63, 3.8) is 0 Å². The van der Waals surface area contributed by atoms with Gasteiger partial charge in [-0.2, -0.15) is 0 Å². The lowest BCUT2D eigenvalue weighted by Gasteiger charge is -2.12. The number of primary amides is 1. The molecule has 122 valence electrons. The largest absolute Gasteiger partial charge is 0.370 e. The van der Waals surface area contributed by atoms with E-state index in [0.29, 0.717) is 12.2 Å². The summed E-state index contributed by atoms with van der Waals surface area (Å²) in [5, 5.41) is 0.860. The van der Waals surface area contributed by atoms with Crippen molar-refractivity contribution in [2.24, 2.45) is 5.73 Å². The lowest BCUT2D eigenvalue weighted by atomic mass is 10.1. The van der Waals surface area contributed by atoms with Gasteiger partial charge >= 0.3 is 0 Å². The molecule has 0 bridgehead atoms. The Balaban J connectivity index is 2.02. The van der Waals surface area contributed by atoms with Gasteiger partial charge in [0.05, 0.1) is 11.9 Å². The quantitative estimate of drug-likeness (QED) is 0.696. The fourth-order valence-electron chi connectivity index (χ4n) is 2.44. The van der Waals surface area contributed by atoms with Gasteiger partial charge in [0, 0.05) is 23.4 Å². The Morgan fingerprint density at radius 1 is 1.12 bits per heavy atom. The highest BCUT2D eigenvalue weighted by atomic mass is 32.2. The third kappa shape index (κ3) is 3.68. The topological polar surface area (TPSA) is 60.9 Å². The van der Waals surface area contributed by atoms with Crippen LogP contribution in [0.1, 0.15) is 12.0 Å². The maximum Gasteiger partial charge on any atom is 0.218 e. The molecule has 0 atom stereocenters. The maximum atomic E-state index is 11.0. The zero-order valence-corrected chi connectivity index (χ0v) is 14.3. The summed E-state index contributed by atoms with van der Waals surface area (Å²) in [7, 11) is 0. The van der Waals surface area contributed by atoms with Crippen molar-refractivity contribution in [3.8, 4) is 16.9 Å². The number of rotatable bonds is 6. The van der Waals surface area contributed by atoms with E-state index in [1.54, 1.807) is 11.8 Å². The molecule has 0 aliphatic rings. The van der Waals surface area contributed by atoms with Crippen LogP contribution in [-0.2, 0) is 4.79 Å². The van der Waals surface area contributed by atoms with Crippen LogP contribution in [0, 0.1) is 6.92 Å². The molecule has 2 aromatic carbocycles. The van der Waals surface area contributed by atoms with Crippen LogP contribution < -0.4 is 5.73 Å². The molecule has 3 rings (SSSR count). The smallest absolute Gasteiger partial charge is 0.218 e. The minimum atomic E-state index is -0.292. The third-order valence-corrected chi connectivity index (χ3v) is 4.63. The Hall–Kier alpha value is -2.53. The van der Waals surface area contributed by atoms with E-state index in [0.717, 1.165) is 22.1 Å². The Bertz CT molecular complexity index is 826. The highest BCUT2D eigenvalue weighted by Crippen LogP contribution is 2.30. The van der Waals surface area contributed by atoms with Gasteiger partial charge in [-0.05, 0) is 19.1 Å². The number of aromatic nitrogens is 2. The van der Waals surface area contributed by atoms with E-state index in [4.69, 9.17) is 5.73 Å². The van der Waals surface area contributed by atoms with E-state index >= 15 is 0 Å². The van der Waals surface area contributed by atoms with Crippen LogP contribution in [0.5, 0.6) is 0 Å². The van der Waals surface area contributed by atoms with Crippen molar-refractivity contribution in [3.05, 3.63) is 66.4 Å². The lowest BCUT2D eigenvalue weighted by Crippen LogP contribution is -2.11. The predicted octanol–water partition coefficient (Wildman–Crippen LogP) is 3.82. The second-order valence-corrected chi connectivity index (χ2v) is 6.59. The molecule has 0 aliphatic heterocycles. The first-order valence-corrected chi connectivity index (χ1v) is 8.75. The molecule has 2 N–H and O–H groups in total. The molecular formula is C19H19N3OS. The molecule has 0 aliphatic carbocycles. The lowest BCUT2D eigenvalue weighted by molar-refractivity contribution is -0.117. The van der Waals surface area contributed by atoms with Crippen molar-refractivity contribution in [2.75, 3.05) is 5.75 Å². The van der Waals surface area contributed by atoms with Crippen molar-refractivity contribution < 1.29 is 4.79 Å². The molecule has 3 aromatic rings. The zero-order valence-electron chi connectivity index (χ0n) is 13.5. The standard InChI is InChI=1S/C19H19N3OS/c1-14-7-9-16(10-8-14)22-17(15-5-3-2-4-6-15)13-21-19(22)24-12-11-18(20)23/h2-10,13H,11-12H2,1H3,(H2,20,23). The van der Waals surface area contributed by atoms with Gasteiger partial charge in [-0.3, -0.25) is 9.36 Å². The van der Waals surface area contributed by atoms with E-state index in [9.17, 15) is 4.79 Å². The third-order valence-electron chi connectivity index (χ3n) is 3.67. The number of aryl methyl sites for hydroxylation is 1. The van der Waals surface area contributed by atoms with Crippen LogP contribution in [-0.4, -0.2) is 21.2 Å². The van der Waals surface area contributed by atoms with Gasteiger partial charge in [0.1, 0.15) is 0 Å². The predicted molar refractivity (Wildman–Crippen MR) is 98.3 cm³/mol. The number of nitrogens with two attached hydrogens (primary N) is 1. The summed E-state index contributed by atoms with van der Waals surface area (Å²) in [4.78, 5) is 15.6. The van der Waals surface area contributed by atoms with E-state index in [2.05, 4.69) is 52.9 Å². The highest BCUT2D eigenvalue weighted by molar-refractivity contribution is 7.99. The number of nitrogens with zero attached hydrogens (tertiary/aromatic N) is 2. The first-order valence-electron chi connectivity index (χ1n) is 7.76. The minimum absolute atomic E-state index is 0.292. The summed E-state index contributed by atoms with van der Waals surface area (Å²) in [5.41, 5.74) is 9.64. The number of imidazole rings is 1. The van der Waals surface area contributed by atoms with Gasteiger partial charge in [-0.15, -0.1) is 0 Å². The van der Waals surface area contributed by atoms with Crippen LogP contribution in [0.15, 0.2) is 66.0 Å². The van der Waals surface area contributed by atoms with Crippen LogP contribution in [0.25, 0.3) is 16.9 Å². The normalized spacial score (nSPS) is 10.7. The van der Waals surface area contributed by atoms with Gasteiger partial charge in [0.25, 0.3) is 0 Å². The summed E-state index contributed by atoms with van der Waals surface area (Å²) in [6.45, 7) is 2.07. The average molecular weight is 337 g/mol. The molecule has 24 heavy (non-hydrogen) atoms. The molecule has 1 amide bonds.